The maximum atomic E-state index is 13.5. The molecule has 4 fully saturated rings. The molecule has 2 bridgehead atoms. The van der Waals surface area contributed by atoms with Crippen LogP contribution in [0.15, 0.2) is 12.2 Å². The topological polar surface area (TPSA) is 110 Å². The number of aliphatic hydroxyl groups is 2. The second-order valence-electron chi connectivity index (χ2n) is 11.1. The maximum Gasteiger partial charge on any atom is 0.302 e. The van der Waals surface area contributed by atoms with Crippen molar-refractivity contribution in [1.82, 2.24) is 0 Å². The molecule has 0 amide bonds. The molecule has 0 heterocycles. The highest BCUT2D eigenvalue weighted by atomic mass is 16.6. The van der Waals surface area contributed by atoms with Crippen LogP contribution >= 0.6 is 0 Å². The Labute approximate surface area is 183 Å². The van der Waals surface area contributed by atoms with Crippen molar-refractivity contribution in [3.05, 3.63) is 12.2 Å². The monoisotopic (exact) mass is 434 g/mol. The van der Waals surface area contributed by atoms with Crippen molar-refractivity contribution in [3.8, 4) is 0 Å². The number of allylic oxidation sites excluding steroid dienone is 1. The number of ketones is 1. The van der Waals surface area contributed by atoms with E-state index in [1.807, 2.05) is 20.8 Å². The van der Waals surface area contributed by atoms with Gasteiger partial charge in [-0.2, -0.15) is 0 Å². The highest BCUT2D eigenvalue weighted by Crippen LogP contribution is 2.71. The Bertz CT molecular complexity index is 847. The molecule has 1 spiro atoms. The van der Waals surface area contributed by atoms with Crippen molar-refractivity contribution < 1.29 is 34.1 Å². The fourth-order valence-corrected chi connectivity index (χ4v) is 8.21. The van der Waals surface area contributed by atoms with Crippen LogP contribution in [0.5, 0.6) is 0 Å². The number of Topliss-reactive ketones (excluding diaryl/α,β-unsaturated/α-hetero) is 1. The maximum absolute atomic E-state index is 13.5. The normalized spacial score (nSPS) is 47.9. The number of esters is 2. The highest BCUT2D eigenvalue weighted by Gasteiger charge is 2.75. The molecule has 0 unspecified atom stereocenters. The molecule has 0 aromatic carbocycles. The summed E-state index contributed by atoms with van der Waals surface area (Å²) in [4.78, 5) is 37.4. The molecule has 0 aliphatic heterocycles. The number of hydrogen-bond donors (Lipinski definition) is 2. The van der Waals surface area contributed by atoms with Crippen LogP contribution in [-0.4, -0.2) is 52.4 Å². The van der Waals surface area contributed by atoms with Crippen LogP contribution in [0, 0.1) is 34.0 Å². The van der Waals surface area contributed by atoms with Gasteiger partial charge >= 0.3 is 11.9 Å². The van der Waals surface area contributed by atoms with Gasteiger partial charge in [0.2, 0.25) is 0 Å². The van der Waals surface area contributed by atoms with Gasteiger partial charge in [0.25, 0.3) is 0 Å². The Morgan fingerprint density at radius 1 is 1.00 bits per heavy atom. The van der Waals surface area contributed by atoms with E-state index in [2.05, 4.69) is 6.58 Å². The average molecular weight is 435 g/mol. The number of carbonyl (C=O) groups excluding carboxylic acids is 3. The Kier molecular flexibility index (Phi) is 4.99. The zero-order valence-electron chi connectivity index (χ0n) is 19.0. The smallest absolute Gasteiger partial charge is 0.302 e. The summed E-state index contributed by atoms with van der Waals surface area (Å²) in [5.74, 6) is -1.96. The lowest BCUT2D eigenvalue weighted by atomic mass is 9.38. The summed E-state index contributed by atoms with van der Waals surface area (Å²) in [5.41, 5.74) is -1.94. The van der Waals surface area contributed by atoms with E-state index in [9.17, 15) is 24.6 Å². The zero-order chi connectivity index (χ0) is 23.1. The zero-order valence-corrected chi connectivity index (χ0v) is 19.0. The third-order valence-electron chi connectivity index (χ3n) is 9.04. The summed E-state index contributed by atoms with van der Waals surface area (Å²) in [6.45, 7) is 12.5. The summed E-state index contributed by atoms with van der Waals surface area (Å²) < 4.78 is 11.4. The number of hydrogen-bond acceptors (Lipinski definition) is 7. The predicted molar refractivity (Wildman–Crippen MR) is 111 cm³/mol. The molecule has 4 aliphatic carbocycles. The van der Waals surface area contributed by atoms with Crippen molar-refractivity contribution in [2.75, 3.05) is 0 Å². The SMILES string of the molecule is C=C1C(=O)[C@]23C[C@H]1C[C@H](O)[C@H]2[C@]1(C)[C@H](O)C[C@H](OC(C)=O)C(C)(C)[C@H]1[C@@H](OC(C)=O)C3. The van der Waals surface area contributed by atoms with Crippen LogP contribution in [0.3, 0.4) is 0 Å². The van der Waals surface area contributed by atoms with Gasteiger partial charge in [-0.15, -0.1) is 0 Å². The number of ether oxygens (including phenoxy) is 2. The van der Waals surface area contributed by atoms with Gasteiger partial charge in [-0.3, -0.25) is 14.4 Å². The van der Waals surface area contributed by atoms with Crippen molar-refractivity contribution in [2.24, 2.45) is 34.0 Å². The molecule has 4 aliphatic rings. The average Bonchev–Trinajstić information content (AvgIpc) is 2.79. The van der Waals surface area contributed by atoms with Gasteiger partial charge in [-0.05, 0) is 30.8 Å². The van der Waals surface area contributed by atoms with Crippen LogP contribution in [0.2, 0.25) is 0 Å². The molecule has 31 heavy (non-hydrogen) atoms. The molecule has 0 saturated heterocycles. The molecule has 2 N–H and O–H groups in total. The van der Waals surface area contributed by atoms with Gasteiger partial charge in [-0.25, -0.2) is 0 Å². The van der Waals surface area contributed by atoms with Gasteiger partial charge in [-0.1, -0.05) is 27.4 Å². The Balaban J connectivity index is 1.90. The summed E-state index contributed by atoms with van der Waals surface area (Å²) in [7, 11) is 0. The number of rotatable bonds is 2. The van der Waals surface area contributed by atoms with E-state index in [4.69, 9.17) is 9.47 Å². The standard InChI is InChI=1S/C24H34O7/c1-11-14-7-15(27)19-23(6)17(28)8-18(31-13(3)26)22(4,5)20(23)16(30-12(2)25)10-24(19,9-14)21(11)29/h14-20,27-28H,1,7-10H2,2-6H3/t14-,15+,16+,17-,18+,19+,20-,23+,24+/m1/s1. The molecule has 7 nitrogen and oxygen atoms in total. The van der Waals surface area contributed by atoms with E-state index in [0.29, 0.717) is 18.4 Å². The minimum Gasteiger partial charge on any atom is -0.462 e. The summed E-state index contributed by atoms with van der Waals surface area (Å²) in [6, 6.07) is 0. The van der Waals surface area contributed by atoms with Crippen molar-refractivity contribution >= 4 is 17.7 Å². The van der Waals surface area contributed by atoms with Gasteiger partial charge in [0.15, 0.2) is 5.78 Å². The van der Waals surface area contributed by atoms with E-state index < -0.39 is 64.4 Å². The third-order valence-corrected chi connectivity index (χ3v) is 9.04. The van der Waals surface area contributed by atoms with E-state index in [1.165, 1.54) is 13.8 Å². The third kappa shape index (κ3) is 2.88. The van der Waals surface area contributed by atoms with Crippen molar-refractivity contribution in [3.63, 3.8) is 0 Å². The first-order valence-electron chi connectivity index (χ1n) is 11.2. The molecule has 9 atom stereocenters. The molecule has 4 saturated carbocycles. The van der Waals surface area contributed by atoms with E-state index in [0.717, 1.165) is 0 Å². The largest absolute Gasteiger partial charge is 0.462 e. The van der Waals surface area contributed by atoms with Gasteiger partial charge in [0.1, 0.15) is 12.2 Å². The Morgan fingerprint density at radius 2 is 1.61 bits per heavy atom. The highest BCUT2D eigenvalue weighted by molar-refractivity contribution is 6.03. The predicted octanol–water partition coefficient (Wildman–Crippen LogP) is 2.18. The van der Waals surface area contributed by atoms with E-state index in [-0.39, 0.29) is 24.5 Å². The second-order valence-corrected chi connectivity index (χ2v) is 11.1. The van der Waals surface area contributed by atoms with Gasteiger partial charge < -0.3 is 19.7 Å². The van der Waals surface area contributed by atoms with E-state index in [1.54, 1.807) is 0 Å². The molecule has 0 radical (unpaired) electrons. The second kappa shape index (κ2) is 6.88. The van der Waals surface area contributed by atoms with Crippen molar-refractivity contribution in [2.45, 2.75) is 84.7 Å². The van der Waals surface area contributed by atoms with Gasteiger partial charge in [0.05, 0.1) is 12.2 Å². The first kappa shape index (κ1) is 22.5. The quantitative estimate of drug-likeness (QED) is 0.506. The lowest BCUT2D eigenvalue weighted by Crippen LogP contribution is -2.72. The van der Waals surface area contributed by atoms with Crippen LogP contribution < -0.4 is 0 Å². The lowest BCUT2D eigenvalue weighted by molar-refractivity contribution is -0.279. The molecule has 172 valence electrons. The van der Waals surface area contributed by atoms with Crippen LogP contribution in [-0.2, 0) is 23.9 Å². The number of carbonyl (C=O) groups is 3. The lowest BCUT2D eigenvalue weighted by Gasteiger charge is -2.67. The fraction of sp³-hybridized carbons (Fsp3) is 0.792. The van der Waals surface area contributed by atoms with Crippen LogP contribution in [0.4, 0.5) is 0 Å². The van der Waals surface area contributed by atoms with Crippen molar-refractivity contribution in [1.29, 1.82) is 0 Å². The summed E-state index contributed by atoms with van der Waals surface area (Å²) in [5, 5.41) is 22.8. The minimum atomic E-state index is -0.942. The molecule has 0 aromatic heterocycles. The molecule has 0 aromatic rings. The molecule has 4 rings (SSSR count). The first-order chi connectivity index (χ1) is 14.3. The number of aliphatic hydroxyl groups excluding tert-OH is 2. The van der Waals surface area contributed by atoms with E-state index >= 15 is 0 Å². The van der Waals surface area contributed by atoms with Gasteiger partial charge in [0, 0.05) is 48.3 Å². The Hall–Kier alpha value is -1.73. The number of fused-ring (bicyclic) bond motifs is 3. The fourth-order valence-electron chi connectivity index (χ4n) is 8.21. The Morgan fingerprint density at radius 3 is 2.19 bits per heavy atom. The molecular weight excluding hydrogens is 400 g/mol. The summed E-state index contributed by atoms with van der Waals surface area (Å²) >= 11 is 0. The molecular formula is C24H34O7. The minimum absolute atomic E-state index is 0.0667. The van der Waals surface area contributed by atoms with Crippen LogP contribution in [0.25, 0.3) is 0 Å². The van der Waals surface area contributed by atoms with Crippen LogP contribution in [0.1, 0.15) is 60.3 Å². The summed E-state index contributed by atoms with van der Waals surface area (Å²) in [6.07, 6.45) is -1.46. The first-order valence-corrected chi connectivity index (χ1v) is 11.2. The molecule has 7 heteroatoms.